The summed E-state index contributed by atoms with van der Waals surface area (Å²) in [6.45, 7) is 4.76. The van der Waals surface area contributed by atoms with Crippen molar-refractivity contribution >= 4 is 11.3 Å². The first kappa shape index (κ1) is 10.2. The number of piperidine rings is 1. The Morgan fingerprint density at radius 1 is 1.50 bits per heavy atom. The van der Waals surface area contributed by atoms with Gasteiger partial charge in [-0.2, -0.15) is 0 Å². The van der Waals surface area contributed by atoms with Crippen molar-refractivity contribution < 1.29 is 0 Å². The van der Waals surface area contributed by atoms with E-state index in [0.29, 0.717) is 0 Å². The van der Waals surface area contributed by atoms with Crippen LogP contribution >= 0.6 is 11.3 Å². The van der Waals surface area contributed by atoms with Crippen LogP contribution in [0.15, 0.2) is 17.5 Å². The fraction of sp³-hybridized carbons (Fsp3) is 0.667. The van der Waals surface area contributed by atoms with E-state index in [9.17, 15) is 0 Å². The summed E-state index contributed by atoms with van der Waals surface area (Å²) in [5, 5.41) is 5.65. The Kier molecular flexibility index (Phi) is 3.60. The summed E-state index contributed by atoms with van der Waals surface area (Å²) in [6, 6.07) is 4.49. The average molecular weight is 209 g/mol. The zero-order chi connectivity index (χ0) is 9.80. The molecule has 0 aromatic carbocycles. The fourth-order valence-electron chi connectivity index (χ4n) is 2.52. The molecule has 14 heavy (non-hydrogen) atoms. The first-order chi connectivity index (χ1) is 6.92. The summed E-state index contributed by atoms with van der Waals surface area (Å²) in [5.41, 5.74) is 0. The molecule has 1 nitrogen and oxygen atoms in total. The van der Waals surface area contributed by atoms with Gasteiger partial charge in [0, 0.05) is 4.88 Å². The molecular formula is C12H19NS. The summed E-state index contributed by atoms with van der Waals surface area (Å²) in [7, 11) is 0. The third-order valence-electron chi connectivity index (χ3n) is 3.30. The van der Waals surface area contributed by atoms with E-state index in [-0.39, 0.29) is 0 Å². The van der Waals surface area contributed by atoms with Crippen molar-refractivity contribution in [3.8, 4) is 0 Å². The molecule has 1 atom stereocenters. The molecule has 0 saturated carbocycles. The van der Waals surface area contributed by atoms with E-state index in [0.717, 1.165) is 11.8 Å². The van der Waals surface area contributed by atoms with Crippen LogP contribution in [0.4, 0.5) is 0 Å². The highest BCUT2D eigenvalue weighted by Crippen LogP contribution is 2.35. The van der Waals surface area contributed by atoms with Crippen molar-refractivity contribution in [1.82, 2.24) is 5.32 Å². The van der Waals surface area contributed by atoms with Crippen LogP contribution in [0.3, 0.4) is 0 Å². The standard InChI is InChI=1S/C12H19NS/c1-2-11(12-4-3-9-14-12)10-5-7-13-8-6-10/h3-4,9-11,13H,2,5-8H2,1H3. The van der Waals surface area contributed by atoms with Gasteiger partial charge in [-0.25, -0.2) is 0 Å². The summed E-state index contributed by atoms with van der Waals surface area (Å²) in [5.74, 6) is 1.73. The fourth-order valence-corrected chi connectivity index (χ4v) is 3.52. The maximum atomic E-state index is 3.44. The van der Waals surface area contributed by atoms with E-state index < -0.39 is 0 Å². The molecule has 0 bridgehead atoms. The van der Waals surface area contributed by atoms with E-state index in [1.807, 2.05) is 11.3 Å². The second-order valence-corrected chi connectivity index (χ2v) is 5.10. The summed E-state index contributed by atoms with van der Waals surface area (Å²) in [6.07, 6.45) is 4.01. The molecule has 1 unspecified atom stereocenters. The molecule has 2 heterocycles. The van der Waals surface area contributed by atoms with Crippen molar-refractivity contribution in [3.63, 3.8) is 0 Å². The maximum Gasteiger partial charge on any atom is 0.00788 e. The Labute approximate surface area is 90.5 Å². The minimum atomic E-state index is 0.817. The second kappa shape index (κ2) is 4.94. The Morgan fingerprint density at radius 2 is 2.29 bits per heavy atom. The molecule has 2 rings (SSSR count). The Morgan fingerprint density at radius 3 is 2.86 bits per heavy atom. The monoisotopic (exact) mass is 209 g/mol. The molecule has 1 aliphatic rings. The molecule has 1 aromatic heterocycles. The molecule has 1 aromatic rings. The van der Waals surface area contributed by atoms with Crippen molar-refractivity contribution in [3.05, 3.63) is 22.4 Å². The van der Waals surface area contributed by atoms with Crippen LogP contribution in [-0.2, 0) is 0 Å². The molecule has 1 saturated heterocycles. The topological polar surface area (TPSA) is 12.0 Å². The smallest absolute Gasteiger partial charge is 0.00788 e. The van der Waals surface area contributed by atoms with Gasteiger partial charge in [0.25, 0.3) is 0 Å². The molecule has 1 aliphatic heterocycles. The van der Waals surface area contributed by atoms with Crippen LogP contribution in [0, 0.1) is 5.92 Å². The van der Waals surface area contributed by atoms with Crippen molar-refractivity contribution in [2.75, 3.05) is 13.1 Å². The van der Waals surface area contributed by atoms with Crippen LogP contribution in [0.5, 0.6) is 0 Å². The van der Waals surface area contributed by atoms with E-state index in [2.05, 4.69) is 29.8 Å². The van der Waals surface area contributed by atoms with Crippen molar-refractivity contribution in [1.29, 1.82) is 0 Å². The van der Waals surface area contributed by atoms with Gasteiger partial charge in [-0.3, -0.25) is 0 Å². The third kappa shape index (κ3) is 2.18. The molecule has 0 radical (unpaired) electrons. The molecule has 1 N–H and O–H groups in total. The van der Waals surface area contributed by atoms with Gasteiger partial charge in [-0.15, -0.1) is 11.3 Å². The molecule has 2 heteroatoms. The molecular weight excluding hydrogens is 190 g/mol. The highest BCUT2D eigenvalue weighted by molar-refractivity contribution is 7.10. The minimum Gasteiger partial charge on any atom is -0.317 e. The molecule has 1 fully saturated rings. The SMILES string of the molecule is CCC(c1cccs1)C1CCNCC1. The largest absolute Gasteiger partial charge is 0.317 e. The molecule has 0 amide bonds. The van der Waals surface area contributed by atoms with E-state index >= 15 is 0 Å². The third-order valence-corrected chi connectivity index (χ3v) is 4.31. The predicted molar refractivity (Wildman–Crippen MR) is 62.9 cm³/mol. The van der Waals surface area contributed by atoms with Gasteiger partial charge in [0.05, 0.1) is 0 Å². The van der Waals surface area contributed by atoms with Gasteiger partial charge in [0.1, 0.15) is 0 Å². The second-order valence-electron chi connectivity index (χ2n) is 4.12. The van der Waals surface area contributed by atoms with Crippen LogP contribution in [0.25, 0.3) is 0 Å². The van der Waals surface area contributed by atoms with Gasteiger partial charge in [-0.1, -0.05) is 13.0 Å². The van der Waals surface area contributed by atoms with Gasteiger partial charge in [-0.05, 0) is 55.6 Å². The number of nitrogens with one attached hydrogen (secondary N) is 1. The van der Waals surface area contributed by atoms with Crippen LogP contribution in [0.1, 0.15) is 37.0 Å². The number of rotatable bonds is 3. The maximum absolute atomic E-state index is 3.44. The first-order valence-electron chi connectivity index (χ1n) is 5.66. The van der Waals surface area contributed by atoms with Gasteiger partial charge in [0.15, 0.2) is 0 Å². The lowest BCUT2D eigenvalue weighted by atomic mass is 9.82. The quantitative estimate of drug-likeness (QED) is 0.806. The zero-order valence-corrected chi connectivity index (χ0v) is 9.65. The van der Waals surface area contributed by atoms with Crippen LogP contribution in [-0.4, -0.2) is 13.1 Å². The molecule has 78 valence electrons. The predicted octanol–water partition coefficient (Wildman–Crippen LogP) is 3.24. The van der Waals surface area contributed by atoms with Gasteiger partial charge < -0.3 is 5.32 Å². The van der Waals surface area contributed by atoms with Gasteiger partial charge >= 0.3 is 0 Å². The summed E-state index contributed by atoms with van der Waals surface area (Å²) >= 11 is 1.93. The Bertz CT molecular complexity index is 249. The molecule has 0 spiro atoms. The lowest BCUT2D eigenvalue weighted by Gasteiger charge is -2.29. The summed E-state index contributed by atoms with van der Waals surface area (Å²) in [4.78, 5) is 1.60. The highest BCUT2D eigenvalue weighted by atomic mass is 32.1. The van der Waals surface area contributed by atoms with E-state index in [4.69, 9.17) is 0 Å². The number of thiophene rings is 1. The normalized spacial score (nSPS) is 20.9. The van der Waals surface area contributed by atoms with Crippen LogP contribution < -0.4 is 5.32 Å². The Balaban J connectivity index is 2.04. The van der Waals surface area contributed by atoms with Crippen molar-refractivity contribution in [2.45, 2.75) is 32.1 Å². The van der Waals surface area contributed by atoms with E-state index in [1.54, 1.807) is 4.88 Å². The highest BCUT2D eigenvalue weighted by Gasteiger charge is 2.23. The summed E-state index contributed by atoms with van der Waals surface area (Å²) < 4.78 is 0. The molecule has 0 aliphatic carbocycles. The lowest BCUT2D eigenvalue weighted by Crippen LogP contribution is -2.30. The van der Waals surface area contributed by atoms with Gasteiger partial charge in [0.2, 0.25) is 0 Å². The zero-order valence-electron chi connectivity index (χ0n) is 8.83. The number of hydrogen-bond acceptors (Lipinski definition) is 2. The minimum absolute atomic E-state index is 0.817. The average Bonchev–Trinajstić information content (AvgIpc) is 2.74. The number of hydrogen-bond donors (Lipinski definition) is 1. The van der Waals surface area contributed by atoms with Crippen molar-refractivity contribution in [2.24, 2.45) is 5.92 Å². The Hall–Kier alpha value is -0.340. The van der Waals surface area contributed by atoms with Crippen LogP contribution in [0.2, 0.25) is 0 Å². The lowest BCUT2D eigenvalue weighted by molar-refractivity contribution is 0.315. The first-order valence-corrected chi connectivity index (χ1v) is 6.54. The van der Waals surface area contributed by atoms with E-state index in [1.165, 1.54) is 32.4 Å².